The second kappa shape index (κ2) is 6.33. The Hall–Kier alpha value is -1.46. The van der Waals surface area contributed by atoms with Crippen molar-refractivity contribution in [2.75, 3.05) is 11.9 Å². The summed E-state index contributed by atoms with van der Waals surface area (Å²) in [7, 11) is 0. The Morgan fingerprint density at radius 3 is 2.60 bits per heavy atom. The van der Waals surface area contributed by atoms with Crippen molar-refractivity contribution in [1.29, 1.82) is 0 Å². The standard InChI is InChI=1S/C15H21FN2O2/c1-11(17-10-15(20)7-2-8-15)9-14(19)18-13-5-3-12(16)4-6-13/h3-6,11,17,20H,2,7-10H2,1H3,(H,18,19). The van der Waals surface area contributed by atoms with Crippen LogP contribution in [0.25, 0.3) is 0 Å². The summed E-state index contributed by atoms with van der Waals surface area (Å²) in [6, 6.07) is 5.66. The van der Waals surface area contributed by atoms with Gasteiger partial charge in [-0.15, -0.1) is 0 Å². The molecule has 2 rings (SSSR count). The maximum Gasteiger partial charge on any atom is 0.225 e. The van der Waals surface area contributed by atoms with Crippen LogP contribution in [0.15, 0.2) is 24.3 Å². The first-order valence-corrected chi connectivity index (χ1v) is 6.98. The van der Waals surface area contributed by atoms with E-state index in [1.807, 2.05) is 6.92 Å². The first kappa shape index (κ1) is 14.9. The molecule has 3 N–H and O–H groups in total. The summed E-state index contributed by atoms with van der Waals surface area (Å²) in [5, 5.41) is 15.9. The van der Waals surface area contributed by atoms with Crippen molar-refractivity contribution < 1.29 is 14.3 Å². The van der Waals surface area contributed by atoms with E-state index in [9.17, 15) is 14.3 Å². The molecule has 1 saturated carbocycles. The van der Waals surface area contributed by atoms with Crippen molar-refractivity contribution in [3.63, 3.8) is 0 Å². The number of aliphatic hydroxyl groups is 1. The summed E-state index contributed by atoms with van der Waals surface area (Å²) in [6.07, 6.45) is 3.04. The van der Waals surface area contributed by atoms with Gasteiger partial charge in [0.1, 0.15) is 5.82 Å². The molecule has 1 fully saturated rings. The van der Waals surface area contributed by atoms with Gasteiger partial charge in [0.15, 0.2) is 0 Å². The third-order valence-electron chi connectivity index (χ3n) is 3.68. The molecule has 0 spiro atoms. The molecule has 0 radical (unpaired) electrons. The van der Waals surface area contributed by atoms with E-state index >= 15 is 0 Å². The molecule has 1 amide bonds. The van der Waals surface area contributed by atoms with Crippen LogP contribution in [0.3, 0.4) is 0 Å². The molecule has 1 aromatic carbocycles. The minimum atomic E-state index is -0.582. The monoisotopic (exact) mass is 280 g/mol. The highest BCUT2D eigenvalue weighted by Gasteiger charge is 2.34. The van der Waals surface area contributed by atoms with Gasteiger partial charge in [0.2, 0.25) is 5.91 Å². The number of carbonyl (C=O) groups is 1. The Morgan fingerprint density at radius 2 is 2.05 bits per heavy atom. The normalized spacial score (nSPS) is 18.1. The Morgan fingerprint density at radius 1 is 1.40 bits per heavy atom. The lowest BCUT2D eigenvalue weighted by molar-refractivity contribution is -0.116. The molecule has 0 bridgehead atoms. The van der Waals surface area contributed by atoms with Gasteiger partial charge in [0, 0.05) is 24.7 Å². The first-order valence-electron chi connectivity index (χ1n) is 6.98. The summed E-state index contributed by atoms with van der Waals surface area (Å²) in [6.45, 7) is 2.43. The zero-order valence-electron chi connectivity index (χ0n) is 11.7. The van der Waals surface area contributed by atoms with Crippen molar-refractivity contribution in [3.8, 4) is 0 Å². The minimum Gasteiger partial charge on any atom is -0.389 e. The van der Waals surface area contributed by atoms with E-state index in [-0.39, 0.29) is 17.8 Å². The molecule has 1 unspecified atom stereocenters. The SMILES string of the molecule is CC(CC(=O)Nc1ccc(F)cc1)NCC1(O)CCC1. The average Bonchev–Trinajstić information content (AvgIpc) is 2.37. The fourth-order valence-electron chi connectivity index (χ4n) is 2.22. The van der Waals surface area contributed by atoms with Gasteiger partial charge in [-0.05, 0) is 50.5 Å². The lowest BCUT2D eigenvalue weighted by Crippen LogP contribution is -2.48. The van der Waals surface area contributed by atoms with Gasteiger partial charge in [-0.2, -0.15) is 0 Å². The molecule has 20 heavy (non-hydrogen) atoms. The van der Waals surface area contributed by atoms with Crippen molar-refractivity contribution >= 4 is 11.6 Å². The number of hydrogen-bond acceptors (Lipinski definition) is 3. The number of hydrogen-bond donors (Lipinski definition) is 3. The van der Waals surface area contributed by atoms with Crippen LogP contribution in [0.4, 0.5) is 10.1 Å². The fourth-order valence-corrected chi connectivity index (χ4v) is 2.22. The van der Waals surface area contributed by atoms with Crippen LogP contribution in [0.5, 0.6) is 0 Å². The molecule has 1 atom stereocenters. The van der Waals surface area contributed by atoms with E-state index in [1.54, 1.807) is 0 Å². The third-order valence-corrected chi connectivity index (χ3v) is 3.68. The predicted molar refractivity (Wildman–Crippen MR) is 75.9 cm³/mol. The van der Waals surface area contributed by atoms with Gasteiger partial charge in [-0.3, -0.25) is 4.79 Å². The van der Waals surface area contributed by atoms with Crippen molar-refractivity contribution in [2.45, 2.75) is 44.2 Å². The topological polar surface area (TPSA) is 61.4 Å². The molecule has 1 aromatic rings. The Kier molecular flexibility index (Phi) is 4.73. The van der Waals surface area contributed by atoms with Gasteiger partial charge < -0.3 is 15.7 Å². The van der Waals surface area contributed by atoms with Gasteiger partial charge in [0.05, 0.1) is 5.60 Å². The molecule has 0 saturated heterocycles. The van der Waals surface area contributed by atoms with Gasteiger partial charge in [-0.25, -0.2) is 4.39 Å². The zero-order chi connectivity index (χ0) is 14.6. The summed E-state index contributed by atoms with van der Waals surface area (Å²) >= 11 is 0. The molecule has 4 nitrogen and oxygen atoms in total. The quantitative estimate of drug-likeness (QED) is 0.747. The largest absolute Gasteiger partial charge is 0.389 e. The number of amides is 1. The van der Waals surface area contributed by atoms with E-state index < -0.39 is 5.60 Å². The lowest BCUT2D eigenvalue weighted by Gasteiger charge is -2.37. The predicted octanol–water partition coefficient (Wildman–Crippen LogP) is 2.05. The number of halogens is 1. The van der Waals surface area contributed by atoms with Crippen LogP contribution in [0.1, 0.15) is 32.6 Å². The summed E-state index contributed by atoms with van der Waals surface area (Å²) in [5.41, 5.74) is 0.00281. The number of rotatable bonds is 6. The van der Waals surface area contributed by atoms with Crippen molar-refractivity contribution in [2.24, 2.45) is 0 Å². The molecule has 1 aliphatic carbocycles. The zero-order valence-corrected chi connectivity index (χ0v) is 11.7. The lowest BCUT2D eigenvalue weighted by atomic mass is 9.80. The summed E-state index contributed by atoms with van der Waals surface area (Å²) < 4.78 is 12.7. The number of carbonyl (C=O) groups excluding carboxylic acids is 1. The summed E-state index contributed by atoms with van der Waals surface area (Å²) in [5.74, 6) is -0.455. The highest BCUT2D eigenvalue weighted by atomic mass is 19.1. The van der Waals surface area contributed by atoms with Gasteiger partial charge in [0.25, 0.3) is 0 Å². The van der Waals surface area contributed by atoms with E-state index in [1.165, 1.54) is 24.3 Å². The Bertz CT molecular complexity index is 457. The third kappa shape index (κ3) is 4.28. The Balaban J connectivity index is 1.71. The van der Waals surface area contributed by atoms with Crippen LogP contribution in [-0.4, -0.2) is 29.2 Å². The molecular weight excluding hydrogens is 259 g/mol. The van der Waals surface area contributed by atoms with Crippen molar-refractivity contribution in [3.05, 3.63) is 30.1 Å². The van der Waals surface area contributed by atoms with E-state index in [2.05, 4.69) is 10.6 Å². The molecule has 0 heterocycles. The second-order valence-corrected chi connectivity index (χ2v) is 5.62. The number of benzene rings is 1. The number of nitrogens with one attached hydrogen (secondary N) is 2. The maximum absolute atomic E-state index is 12.7. The van der Waals surface area contributed by atoms with Crippen molar-refractivity contribution in [1.82, 2.24) is 5.32 Å². The molecule has 0 aromatic heterocycles. The molecule has 5 heteroatoms. The van der Waals surface area contributed by atoms with E-state index in [0.29, 0.717) is 18.7 Å². The highest BCUT2D eigenvalue weighted by Crippen LogP contribution is 2.30. The first-order chi connectivity index (χ1) is 9.47. The van der Waals surface area contributed by atoms with Crippen LogP contribution in [-0.2, 0) is 4.79 Å². The number of anilines is 1. The van der Waals surface area contributed by atoms with Crippen LogP contribution in [0.2, 0.25) is 0 Å². The van der Waals surface area contributed by atoms with E-state index in [0.717, 1.165) is 19.3 Å². The smallest absolute Gasteiger partial charge is 0.225 e. The van der Waals surface area contributed by atoms with E-state index in [4.69, 9.17) is 0 Å². The maximum atomic E-state index is 12.7. The molecule has 1 aliphatic rings. The molecular formula is C15H21FN2O2. The van der Waals surface area contributed by atoms with Crippen LogP contribution >= 0.6 is 0 Å². The van der Waals surface area contributed by atoms with Gasteiger partial charge in [-0.1, -0.05) is 0 Å². The van der Waals surface area contributed by atoms with Crippen LogP contribution < -0.4 is 10.6 Å². The molecule has 110 valence electrons. The second-order valence-electron chi connectivity index (χ2n) is 5.62. The fraction of sp³-hybridized carbons (Fsp3) is 0.533. The highest BCUT2D eigenvalue weighted by molar-refractivity contribution is 5.91. The van der Waals surface area contributed by atoms with Gasteiger partial charge >= 0.3 is 0 Å². The van der Waals surface area contributed by atoms with Crippen LogP contribution in [0, 0.1) is 5.82 Å². The summed E-state index contributed by atoms with van der Waals surface area (Å²) in [4.78, 5) is 11.8. The Labute approximate surface area is 118 Å². The average molecular weight is 280 g/mol. The molecule has 0 aliphatic heterocycles. The minimum absolute atomic E-state index is 0.0138.